The third kappa shape index (κ3) is 4.14. The molecule has 0 saturated heterocycles. The molecule has 5 heteroatoms. The molecule has 0 amide bonds. The van der Waals surface area contributed by atoms with Crippen LogP contribution in [0.2, 0.25) is 0 Å². The molecule has 2 aromatic heterocycles. The van der Waals surface area contributed by atoms with Gasteiger partial charge >= 0.3 is 0 Å². The Hall–Kier alpha value is -4.25. The van der Waals surface area contributed by atoms with Gasteiger partial charge in [-0.3, -0.25) is 0 Å². The van der Waals surface area contributed by atoms with Gasteiger partial charge in [0, 0.05) is 34.4 Å². The number of anilines is 2. The van der Waals surface area contributed by atoms with E-state index in [-0.39, 0.29) is 0 Å². The van der Waals surface area contributed by atoms with Gasteiger partial charge in [-0.15, -0.1) is 0 Å². The Balaban J connectivity index is 1.53. The minimum atomic E-state index is 0.451. The molecule has 158 valence electrons. The predicted octanol–water partition coefficient (Wildman–Crippen LogP) is 6.56. The zero-order valence-corrected chi connectivity index (χ0v) is 17.7. The molecule has 0 unspecified atom stereocenters. The van der Waals surface area contributed by atoms with Crippen LogP contribution in [0.3, 0.4) is 0 Å². The molecule has 5 nitrogen and oxygen atoms in total. The molecule has 0 bridgehead atoms. The summed E-state index contributed by atoms with van der Waals surface area (Å²) in [5, 5.41) is 4.55. The number of nitrogens with one attached hydrogen (secondary N) is 2. The average molecular weight is 422 g/mol. The lowest BCUT2D eigenvalue weighted by molar-refractivity contribution is 0.295. The average Bonchev–Trinajstić information content (AvgIpc) is 3.33. The van der Waals surface area contributed by atoms with E-state index in [2.05, 4.69) is 39.6 Å². The molecule has 2 heterocycles. The summed E-state index contributed by atoms with van der Waals surface area (Å²) in [5.41, 5.74) is 5.96. The lowest BCUT2D eigenvalue weighted by atomic mass is 10.0. The summed E-state index contributed by atoms with van der Waals surface area (Å²) in [7, 11) is 1.66. The smallest absolute Gasteiger partial charge is 0.221 e. The molecule has 0 aliphatic carbocycles. The lowest BCUT2D eigenvalue weighted by Gasteiger charge is -2.15. The van der Waals surface area contributed by atoms with Crippen molar-refractivity contribution in [2.45, 2.75) is 6.61 Å². The Morgan fingerprint density at radius 2 is 1.72 bits per heavy atom. The lowest BCUT2D eigenvalue weighted by Crippen LogP contribution is -2.01. The van der Waals surface area contributed by atoms with Gasteiger partial charge in [0.2, 0.25) is 5.88 Å². The molecule has 5 rings (SSSR count). The molecule has 2 N–H and O–H groups in total. The largest absolute Gasteiger partial charge is 0.497 e. The summed E-state index contributed by atoms with van der Waals surface area (Å²) in [6, 6.07) is 28.3. The van der Waals surface area contributed by atoms with Gasteiger partial charge in [-0.05, 0) is 41.5 Å². The summed E-state index contributed by atoms with van der Waals surface area (Å²) < 4.78 is 11.5. The highest BCUT2D eigenvalue weighted by Crippen LogP contribution is 2.36. The third-order valence-corrected chi connectivity index (χ3v) is 5.31. The standard InChI is InChI=1S/C27H23N3O2/c1-31-22-10-5-9-20(15-22)30-21-16-25(23-11-6-12-26-24(23)13-14-28-26)27(29-17-21)32-18-19-7-3-2-4-8-19/h2-17,28,30H,18H2,1H3. The normalized spacial score (nSPS) is 10.8. The minimum Gasteiger partial charge on any atom is -0.497 e. The Labute approximate surface area is 186 Å². The van der Waals surface area contributed by atoms with E-state index in [1.54, 1.807) is 13.3 Å². The van der Waals surface area contributed by atoms with E-state index in [4.69, 9.17) is 9.47 Å². The summed E-state index contributed by atoms with van der Waals surface area (Å²) in [6.45, 7) is 0.451. The van der Waals surface area contributed by atoms with Crippen LogP contribution in [-0.2, 0) is 6.61 Å². The second kappa shape index (κ2) is 8.86. The number of ether oxygens (including phenoxy) is 2. The molecule has 0 aliphatic heterocycles. The molecule has 0 radical (unpaired) electrons. The van der Waals surface area contributed by atoms with Gasteiger partial charge in [-0.1, -0.05) is 48.5 Å². The van der Waals surface area contributed by atoms with Crippen molar-refractivity contribution in [1.82, 2.24) is 9.97 Å². The van der Waals surface area contributed by atoms with Crippen LogP contribution in [-0.4, -0.2) is 17.1 Å². The number of hydrogen-bond acceptors (Lipinski definition) is 4. The van der Waals surface area contributed by atoms with Crippen molar-refractivity contribution in [1.29, 1.82) is 0 Å². The van der Waals surface area contributed by atoms with Crippen molar-refractivity contribution in [3.8, 4) is 22.8 Å². The topological polar surface area (TPSA) is 59.2 Å². The van der Waals surface area contributed by atoms with Crippen molar-refractivity contribution in [2.75, 3.05) is 12.4 Å². The van der Waals surface area contributed by atoms with Gasteiger partial charge < -0.3 is 19.8 Å². The fraction of sp³-hybridized carbons (Fsp3) is 0.0741. The maximum absolute atomic E-state index is 6.18. The number of H-pyrrole nitrogens is 1. The molecular weight excluding hydrogens is 398 g/mol. The number of fused-ring (bicyclic) bond motifs is 1. The summed E-state index contributed by atoms with van der Waals surface area (Å²) in [5.74, 6) is 1.39. The van der Waals surface area contributed by atoms with E-state index in [1.807, 2.05) is 66.9 Å². The highest BCUT2D eigenvalue weighted by Gasteiger charge is 2.14. The van der Waals surface area contributed by atoms with Gasteiger partial charge in [-0.2, -0.15) is 0 Å². The predicted molar refractivity (Wildman–Crippen MR) is 129 cm³/mol. The SMILES string of the molecule is COc1cccc(Nc2cnc(OCc3ccccc3)c(-c3cccc4[nH]ccc34)c2)c1. The zero-order chi connectivity index (χ0) is 21.8. The van der Waals surface area contributed by atoms with Crippen molar-refractivity contribution in [3.63, 3.8) is 0 Å². The number of nitrogens with zero attached hydrogens (tertiary/aromatic N) is 1. The number of rotatable bonds is 7. The first-order chi connectivity index (χ1) is 15.8. The Morgan fingerprint density at radius 3 is 2.59 bits per heavy atom. The highest BCUT2D eigenvalue weighted by atomic mass is 16.5. The maximum Gasteiger partial charge on any atom is 0.221 e. The molecule has 0 atom stereocenters. The van der Waals surface area contributed by atoms with Gasteiger partial charge in [-0.25, -0.2) is 4.98 Å². The minimum absolute atomic E-state index is 0.451. The van der Waals surface area contributed by atoms with Gasteiger partial charge in [0.05, 0.1) is 19.0 Å². The zero-order valence-electron chi connectivity index (χ0n) is 17.7. The quantitative estimate of drug-likeness (QED) is 0.312. The highest BCUT2D eigenvalue weighted by molar-refractivity contribution is 5.96. The number of benzene rings is 3. The molecule has 5 aromatic rings. The summed E-state index contributed by atoms with van der Waals surface area (Å²) >= 11 is 0. The van der Waals surface area contributed by atoms with E-state index in [0.717, 1.165) is 44.7 Å². The molecule has 0 spiro atoms. The van der Waals surface area contributed by atoms with Crippen molar-refractivity contribution >= 4 is 22.3 Å². The monoisotopic (exact) mass is 421 g/mol. The first-order valence-electron chi connectivity index (χ1n) is 10.4. The summed E-state index contributed by atoms with van der Waals surface area (Å²) in [6.07, 6.45) is 3.74. The number of aromatic nitrogens is 2. The second-order valence-corrected chi connectivity index (χ2v) is 7.45. The van der Waals surface area contributed by atoms with Crippen LogP contribution in [0.4, 0.5) is 11.4 Å². The van der Waals surface area contributed by atoms with E-state index in [1.165, 1.54) is 0 Å². The van der Waals surface area contributed by atoms with E-state index >= 15 is 0 Å². The van der Waals surface area contributed by atoms with Crippen LogP contribution in [0.1, 0.15) is 5.56 Å². The van der Waals surface area contributed by atoms with Crippen LogP contribution in [0.25, 0.3) is 22.0 Å². The van der Waals surface area contributed by atoms with Crippen molar-refractivity contribution in [3.05, 3.63) is 103 Å². The second-order valence-electron chi connectivity index (χ2n) is 7.45. The van der Waals surface area contributed by atoms with E-state index < -0.39 is 0 Å². The Bertz CT molecular complexity index is 1350. The van der Waals surface area contributed by atoms with E-state index in [0.29, 0.717) is 12.5 Å². The van der Waals surface area contributed by atoms with Crippen LogP contribution in [0, 0.1) is 0 Å². The number of pyridine rings is 1. The fourth-order valence-electron chi connectivity index (χ4n) is 3.74. The number of aromatic amines is 1. The van der Waals surface area contributed by atoms with Crippen LogP contribution in [0.15, 0.2) is 97.3 Å². The van der Waals surface area contributed by atoms with Gasteiger partial charge in [0.15, 0.2) is 0 Å². The third-order valence-electron chi connectivity index (χ3n) is 5.31. The Kier molecular flexibility index (Phi) is 5.45. The van der Waals surface area contributed by atoms with Crippen molar-refractivity contribution < 1.29 is 9.47 Å². The van der Waals surface area contributed by atoms with Crippen LogP contribution in [0.5, 0.6) is 11.6 Å². The van der Waals surface area contributed by atoms with Crippen LogP contribution < -0.4 is 14.8 Å². The molecule has 0 aliphatic rings. The number of methoxy groups -OCH3 is 1. The first-order valence-corrected chi connectivity index (χ1v) is 10.4. The van der Waals surface area contributed by atoms with Gasteiger partial charge in [0.25, 0.3) is 0 Å². The van der Waals surface area contributed by atoms with Crippen LogP contribution >= 0.6 is 0 Å². The fourth-order valence-corrected chi connectivity index (χ4v) is 3.74. The number of hydrogen-bond donors (Lipinski definition) is 2. The molecule has 3 aromatic carbocycles. The molecular formula is C27H23N3O2. The van der Waals surface area contributed by atoms with E-state index in [9.17, 15) is 0 Å². The van der Waals surface area contributed by atoms with Gasteiger partial charge in [0.1, 0.15) is 12.4 Å². The first kappa shape index (κ1) is 19.7. The Morgan fingerprint density at radius 1 is 0.844 bits per heavy atom. The molecule has 0 fully saturated rings. The maximum atomic E-state index is 6.18. The molecule has 0 saturated carbocycles. The van der Waals surface area contributed by atoms with Crippen molar-refractivity contribution in [2.24, 2.45) is 0 Å². The molecule has 32 heavy (non-hydrogen) atoms. The summed E-state index contributed by atoms with van der Waals surface area (Å²) in [4.78, 5) is 7.96.